The van der Waals surface area contributed by atoms with Gasteiger partial charge >= 0.3 is 0 Å². The maximum absolute atomic E-state index is 12.4. The third-order valence-corrected chi connectivity index (χ3v) is 3.40. The quantitative estimate of drug-likeness (QED) is 0.907. The molecule has 1 amide bonds. The van der Waals surface area contributed by atoms with E-state index in [2.05, 4.69) is 15.3 Å². The molecule has 2 heterocycles. The molecule has 0 aliphatic carbocycles. The summed E-state index contributed by atoms with van der Waals surface area (Å²) in [5, 5.41) is 2.63. The molecule has 3 rings (SSSR count). The first-order valence-electron chi connectivity index (χ1n) is 7.36. The molecule has 0 saturated heterocycles. The van der Waals surface area contributed by atoms with E-state index < -0.39 is 6.43 Å². The topological polar surface area (TPSA) is 73.3 Å². The molecule has 1 atom stereocenters. The van der Waals surface area contributed by atoms with Gasteiger partial charge in [-0.3, -0.25) is 4.79 Å². The number of alkyl halides is 2. The number of aromatic nitrogens is 2. The Morgan fingerprint density at radius 3 is 2.67 bits per heavy atom. The summed E-state index contributed by atoms with van der Waals surface area (Å²) in [6, 6.07) is 7.24. The lowest BCUT2D eigenvalue weighted by Crippen LogP contribution is -2.35. The molecule has 8 heteroatoms. The van der Waals surface area contributed by atoms with Crippen molar-refractivity contribution in [3.8, 4) is 11.5 Å². The summed E-state index contributed by atoms with van der Waals surface area (Å²) in [6.07, 6.45) is -0.784. The third kappa shape index (κ3) is 3.95. The number of para-hydroxylation sites is 2. The number of nitrogens with zero attached hydrogens (tertiary/aromatic N) is 2. The van der Waals surface area contributed by atoms with Crippen LogP contribution in [0.15, 0.2) is 36.7 Å². The summed E-state index contributed by atoms with van der Waals surface area (Å²) >= 11 is 0. The van der Waals surface area contributed by atoms with Gasteiger partial charge in [0, 0.05) is 12.4 Å². The van der Waals surface area contributed by atoms with Gasteiger partial charge in [-0.1, -0.05) is 12.1 Å². The number of amides is 1. The maximum Gasteiger partial charge on any atom is 0.266 e. The number of carbonyl (C=O) groups excluding carboxylic acids is 1. The molecule has 1 N–H and O–H groups in total. The van der Waals surface area contributed by atoms with Crippen molar-refractivity contribution >= 4 is 5.91 Å². The molecular weight excluding hydrogens is 320 g/mol. The van der Waals surface area contributed by atoms with Gasteiger partial charge in [0.15, 0.2) is 11.5 Å². The number of nitrogens with one attached hydrogen (secondary N) is 1. The Morgan fingerprint density at radius 2 is 1.96 bits per heavy atom. The SMILES string of the molecule is O=C(CC1COc2ccccc2O1)NCc1ncc(C(F)F)cn1. The molecule has 126 valence electrons. The van der Waals surface area contributed by atoms with Gasteiger partial charge < -0.3 is 14.8 Å². The van der Waals surface area contributed by atoms with Crippen LogP contribution in [0.2, 0.25) is 0 Å². The van der Waals surface area contributed by atoms with Crippen molar-refractivity contribution < 1.29 is 23.0 Å². The molecule has 1 aliphatic heterocycles. The van der Waals surface area contributed by atoms with Crippen LogP contribution in [0.25, 0.3) is 0 Å². The third-order valence-electron chi connectivity index (χ3n) is 3.40. The van der Waals surface area contributed by atoms with Crippen LogP contribution in [-0.4, -0.2) is 28.6 Å². The smallest absolute Gasteiger partial charge is 0.266 e. The van der Waals surface area contributed by atoms with E-state index >= 15 is 0 Å². The minimum absolute atomic E-state index is 0.0620. The largest absolute Gasteiger partial charge is 0.486 e. The van der Waals surface area contributed by atoms with Crippen molar-refractivity contribution in [2.75, 3.05) is 6.61 Å². The predicted octanol–water partition coefficient (Wildman–Crippen LogP) is 2.26. The average Bonchev–Trinajstić information content (AvgIpc) is 2.60. The van der Waals surface area contributed by atoms with E-state index in [1.54, 1.807) is 12.1 Å². The number of benzene rings is 1. The average molecular weight is 335 g/mol. The molecule has 2 aromatic rings. The van der Waals surface area contributed by atoms with Crippen molar-refractivity contribution in [1.82, 2.24) is 15.3 Å². The molecule has 0 spiro atoms. The van der Waals surface area contributed by atoms with Crippen LogP contribution in [0.4, 0.5) is 8.78 Å². The molecule has 1 aliphatic rings. The fourth-order valence-electron chi connectivity index (χ4n) is 2.19. The zero-order valence-corrected chi connectivity index (χ0v) is 12.6. The number of hydrogen-bond acceptors (Lipinski definition) is 5. The van der Waals surface area contributed by atoms with E-state index in [9.17, 15) is 13.6 Å². The zero-order valence-electron chi connectivity index (χ0n) is 12.6. The second-order valence-electron chi connectivity index (χ2n) is 5.21. The summed E-state index contributed by atoms with van der Waals surface area (Å²) in [6.45, 7) is 0.344. The summed E-state index contributed by atoms with van der Waals surface area (Å²) in [5.41, 5.74) is -0.253. The number of carbonyl (C=O) groups is 1. The lowest BCUT2D eigenvalue weighted by Gasteiger charge is -2.25. The Morgan fingerprint density at radius 1 is 1.25 bits per heavy atom. The van der Waals surface area contributed by atoms with Gasteiger partial charge in [-0.15, -0.1) is 0 Å². The van der Waals surface area contributed by atoms with E-state index in [1.165, 1.54) is 0 Å². The molecule has 0 radical (unpaired) electrons. The van der Waals surface area contributed by atoms with Gasteiger partial charge in [0.25, 0.3) is 6.43 Å². The highest BCUT2D eigenvalue weighted by atomic mass is 19.3. The lowest BCUT2D eigenvalue weighted by molar-refractivity contribution is -0.123. The van der Waals surface area contributed by atoms with Crippen molar-refractivity contribution in [1.29, 1.82) is 0 Å². The second-order valence-corrected chi connectivity index (χ2v) is 5.21. The fourth-order valence-corrected chi connectivity index (χ4v) is 2.19. The van der Waals surface area contributed by atoms with E-state index in [1.807, 2.05) is 12.1 Å². The summed E-state index contributed by atoms with van der Waals surface area (Å²) in [4.78, 5) is 19.5. The van der Waals surface area contributed by atoms with Crippen LogP contribution in [0, 0.1) is 0 Å². The van der Waals surface area contributed by atoms with Crippen LogP contribution in [-0.2, 0) is 11.3 Å². The van der Waals surface area contributed by atoms with Crippen molar-refractivity contribution in [2.24, 2.45) is 0 Å². The van der Waals surface area contributed by atoms with Crippen molar-refractivity contribution in [3.05, 3.63) is 48.0 Å². The zero-order chi connectivity index (χ0) is 16.9. The number of hydrogen-bond donors (Lipinski definition) is 1. The number of fused-ring (bicyclic) bond motifs is 1. The summed E-state index contributed by atoms with van der Waals surface area (Å²) in [5.74, 6) is 1.26. The van der Waals surface area contributed by atoms with E-state index in [-0.39, 0.29) is 43.0 Å². The monoisotopic (exact) mass is 335 g/mol. The van der Waals surface area contributed by atoms with Crippen LogP contribution >= 0.6 is 0 Å². The Hall–Kier alpha value is -2.77. The normalized spacial score (nSPS) is 16.0. The second kappa shape index (κ2) is 7.20. The standard InChI is InChI=1S/C16H15F2N3O3/c17-16(18)10-6-19-14(20-7-10)8-21-15(22)5-11-9-23-12-3-1-2-4-13(12)24-11/h1-4,6-7,11,16H,5,8-9H2,(H,21,22). The predicted molar refractivity (Wildman–Crippen MR) is 79.8 cm³/mol. The van der Waals surface area contributed by atoms with Crippen LogP contribution in [0.5, 0.6) is 11.5 Å². The molecule has 0 fully saturated rings. The Kier molecular flexibility index (Phi) is 4.83. The number of ether oxygens (including phenoxy) is 2. The van der Waals surface area contributed by atoms with Crippen molar-refractivity contribution in [3.63, 3.8) is 0 Å². The van der Waals surface area contributed by atoms with Gasteiger partial charge in [0.2, 0.25) is 5.91 Å². The minimum Gasteiger partial charge on any atom is -0.486 e. The first kappa shape index (κ1) is 16.1. The van der Waals surface area contributed by atoms with Gasteiger partial charge in [-0.2, -0.15) is 0 Å². The maximum atomic E-state index is 12.4. The number of rotatable bonds is 5. The van der Waals surface area contributed by atoms with Gasteiger partial charge in [0.05, 0.1) is 18.5 Å². The highest BCUT2D eigenvalue weighted by molar-refractivity contribution is 5.76. The lowest BCUT2D eigenvalue weighted by atomic mass is 10.2. The molecule has 0 bridgehead atoms. The number of halogens is 2. The Bertz CT molecular complexity index is 710. The first-order chi connectivity index (χ1) is 11.6. The van der Waals surface area contributed by atoms with Gasteiger partial charge in [-0.05, 0) is 12.1 Å². The first-order valence-corrected chi connectivity index (χ1v) is 7.36. The fraction of sp³-hybridized carbons (Fsp3) is 0.312. The molecule has 6 nitrogen and oxygen atoms in total. The molecule has 1 aromatic carbocycles. The molecule has 1 unspecified atom stereocenters. The molecular formula is C16H15F2N3O3. The van der Waals surface area contributed by atoms with E-state index in [0.29, 0.717) is 11.5 Å². The highest BCUT2D eigenvalue weighted by Gasteiger charge is 2.23. The van der Waals surface area contributed by atoms with Crippen molar-refractivity contribution in [2.45, 2.75) is 25.5 Å². The van der Waals surface area contributed by atoms with E-state index in [4.69, 9.17) is 9.47 Å². The minimum atomic E-state index is -2.61. The summed E-state index contributed by atoms with van der Waals surface area (Å²) < 4.78 is 36.0. The van der Waals surface area contributed by atoms with Gasteiger partial charge in [0.1, 0.15) is 18.5 Å². The van der Waals surface area contributed by atoms with Crippen LogP contribution in [0.1, 0.15) is 24.2 Å². The highest BCUT2D eigenvalue weighted by Crippen LogP contribution is 2.31. The molecule has 24 heavy (non-hydrogen) atoms. The van der Waals surface area contributed by atoms with E-state index in [0.717, 1.165) is 12.4 Å². The Balaban J connectivity index is 1.48. The molecule has 1 aromatic heterocycles. The Labute approximate surface area is 136 Å². The van der Waals surface area contributed by atoms with Crippen LogP contribution in [0.3, 0.4) is 0 Å². The van der Waals surface area contributed by atoms with Gasteiger partial charge in [-0.25, -0.2) is 18.7 Å². The van der Waals surface area contributed by atoms with Crippen LogP contribution < -0.4 is 14.8 Å². The molecule has 0 saturated carbocycles. The summed E-state index contributed by atoms with van der Waals surface area (Å²) in [7, 11) is 0.